The Kier molecular flexibility index (Phi) is 8.32. The van der Waals surface area contributed by atoms with Crippen LogP contribution in [0.5, 0.6) is 0 Å². The summed E-state index contributed by atoms with van der Waals surface area (Å²) >= 11 is 1.65. The molecule has 1 spiro atoms. The Morgan fingerprint density at radius 1 is 1.33 bits per heavy atom. The Balaban J connectivity index is 1.97. The fourth-order valence-electron chi connectivity index (χ4n) is 5.90. The molecule has 0 aliphatic carbocycles. The summed E-state index contributed by atoms with van der Waals surface area (Å²) in [4.78, 5) is 44.3. The predicted molar refractivity (Wildman–Crippen MR) is 130 cm³/mol. The highest BCUT2D eigenvalue weighted by Gasteiger charge is 2.76. The van der Waals surface area contributed by atoms with Gasteiger partial charge in [0, 0.05) is 31.0 Å². The first-order chi connectivity index (χ1) is 15.8. The minimum Gasteiger partial charge on any atom is -0.465 e. The van der Waals surface area contributed by atoms with E-state index in [-0.39, 0.29) is 41.6 Å². The van der Waals surface area contributed by atoms with Crippen LogP contribution in [0.3, 0.4) is 0 Å². The van der Waals surface area contributed by atoms with Crippen molar-refractivity contribution in [3.8, 4) is 0 Å². The molecule has 184 valence electrons. The van der Waals surface area contributed by atoms with Gasteiger partial charge in [-0.25, -0.2) is 0 Å². The highest BCUT2D eigenvalue weighted by Crippen LogP contribution is 2.68. The van der Waals surface area contributed by atoms with Crippen molar-refractivity contribution in [2.45, 2.75) is 68.5 Å². The lowest BCUT2D eigenvalue weighted by atomic mass is 9.66. The molecular formula is C25H38N2O5S. The highest BCUT2D eigenvalue weighted by atomic mass is 32.2. The zero-order chi connectivity index (χ0) is 24.3. The molecule has 0 saturated carbocycles. The van der Waals surface area contributed by atoms with Crippen molar-refractivity contribution in [2.24, 2.45) is 17.8 Å². The first-order valence-corrected chi connectivity index (χ1v) is 12.9. The van der Waals surface area contributed by atoms with Crippen LogP contribution < -0.4 is 0 Å². The molecule has 6 atom stereocenters. The summed E-state index contributed by atoms with van der Waals surface area (Å²) in [6, 6.07) is -0.710. The number of nitrogens with zero attached hydrogens (tertiary/aromatic N) is 2. The number of carbonyl (C=O) groups excluding carboxylic acids is 3. The molecule has 7 nitrogen and oxygen atoms in total. The van der Waals surface area contributed by atoms with E-state index in [1.54, 1.807) is 33.7 Å². The quantitative estimate of drug-likeness (QED) is 0.264. The molecule has 3 aliphatic rings. The number of amides is 2. The first kappa shape index (κ1) is 25.8. The lowest BCUT2D eigenvalue weighted by Crippen LogP contribution is -2.58. The second kappa shape index (κ2) is 10.6. The number of unbranched alkanes of at least 4 members (excludes halogenated alkanes) is 1. The molecule has 3 unspecified atom stereocenters. The Morgan fingerprint density at radius 2 is 2.06 bits per heavy atom. The van der Waals surface area contributed by atoms with Gasteiger partial charge in [0.05, 0.1) is 23.2 Å². The maximum atomic E-state index is 14.0. The number of ether oxygens (including phenoxy) is 1. The van der Waals surface area contributed by atoms with E-state index < -0.39 is 22.6 Å². The molecule has 2 amide bonds. The van der Waals surface area contributed by atoms with E-state index in [4.69, 9.17) is 4.74 Å². The van der Waals surface area contributed by atoms with Crippen LogP contribution in [0.1, 0.15) is 46.5 Å². The molecule has 3 aliphatic heterocycles. The minimum absolute atomic E-state index is 0.0250. The van der Waals surface area contributed by atoms with Crippen LogP contribution in [-0.4, -0.2) is 81.1 Å². The van der Waals surface area contributed by atoms with Crippen LogP contribution in [-0.2, 0) is 19.1 Å². The predicted octanol–water partition coefficient (Wildman–Crippen LogP) is 2.64. The van der Waals surface area contributed by atoms with Gasteiger partial charge in [0.15, 0.2) is 0 Å². The molecule has 3 saturated heterocycles. The summed E-state index contributed by atoms with van der Waals surface area (Å²) in [5.74, 6) is -1.59. The average Bonchev–Trinajstić information content (AvgIpc) is 3.36. The van der Waals surface area contributed by atoms with Gasteiger partial charge in [-0.1, -0.05) is 19.1 Å². The van der Waals surface area contributed by atoms with E-state index in [0.29, 0.717) is 32.5 Å². The fourth-order valence-corrected chi connectivity index (χ4v) is 8.30. The van der Waals surface area contributed by atoms with E-state index in [0.717, 1.165) is 12.8 Å². The fraction of sp³-hybridized carbons (Fsp3) is 0.720. The maximum absolute atomic E-state index is 14.0. The number of esters is 1. The van der Waals surface area contributed by atoms with Crippen LogP contribution in [0.2, 0.25) is 0 Å². The van der Waals surface area contributed by atoms with Gasteiger partial charge in [-0.15, -0.1) is 24.9 Å². The first-order valence-electron chi connectivity index (χ1n) is 12.0. The normalized spacial score (nSPS) is 32.2. The smallest absolute Gasteiger partial charge is 0.310 e. The third kappa shape index (κ3) is 4.36. The minimum atomic E-state index is -0.660. The summed E-state index contributed by atoms with van der Waals surface area (Å²) in [5, 5.41) is 9.43. The second-order valence-electron chi connectivity index (χ2n) is 9.63. The third-order valence-electron chi connectivity index (χ3n) is 7.34. The lowest BCUT2D eigenvalue weighted by Gasteiger charge is -2.41. The molecule has 0 radical (unpaired) electrons. The number of rotatable bonds is 12. The summed E-state index contributed by atoms with van der Waals surface area (Å²) < 4.78 is 4.93. The number of likely N-dealkylation sites (tertiary alicyclic amines) is 1. The van der Waals surface area contributed by atoms with Gasteiger partial charge in [0.25, 0.3) is 0 Å². The molecule has 0 aromatic rings. The Bertz CT molecular complexity index is 787. The monoisotopic (exact) mass is 478 g/mol. The van der Waals surface area contributed by atoms with Gasteiger partial charge >= 0.3 is 5.97 Å². The molecule has 3 heterocycles. The molecule has 3 rings (SSSR count). The summed E-state index contributed by atoms with van der Waals surface area (Å²) in [7, 11) is 0. The molecule has 0 aromatic heterocycles. The Hall–Kier alpha value is -1.80. The Labute approximate surface area is 201 Å². The SMILES string of the molecule is C=CCCCOC(=O)[C@@H]1[C@@H]2CC(C)C3(S2)C(C(=O)N(CC=C)C(C)C)N(CCCO)C(=O)[C@H]13. The number of allylic oxidation sites excluding steroid dienone is 1. The summed E-state index contributed by atoms with van der Waals surface area (Å²) in [6.07, 6.45) is 6.13. The zero-order valence-electron chi connectivity index (χ0n) is 20.1. The van der Waals surface area contributed by atoms with Crippen molar-refractivity contribution in [1.82, 2.24) is 9.80 Å². The van der Waals surface area contributed by atoms with Crippen molar-refractivity contribution >= 4 is 29.5 Å². The van der Waals surface area contributed by atoms with Gasteiger partial charge in [-0.05, 0) is 45.4 Å². The molecular weight excluding hydrogens is 440 g/mol. The zero-order valence-corrected chi connectivity index (χ0v) is 20.9. The molecule has 2 bridgehead atoms. The molecule has 33 heavy (non-hydrogen) atoms. The van der Waals surface area contributed by atoms with Crippen LogP contribution >= 0.6 is 11.8 Å². The van der Waals surface area contributed by atoms with Crippen molar-refractivity contribution in [3.63, 3.8) is 0 Å². The number of aliphatic hydroxyl groups excluding tert-OH is 1. The van der Waals surface area contributed by atoms with E-state index in [1.807, 2.05) is 13.8 Å². The van der Waals surface area contributed by atoms with Crippen LogP contribution in [0.15, 0.2) is 25.3 Å². The van der Waals surface area contributed by atoms with Gasteiger partial charge in [0.1, 0.15) is 6.04 Å². The van der Waals surface area contributed by atoms with Gasteiger partial charge in [0.2, 0.25) is 11.8 Å². The maximum Gasteiger partial charge on any atom is 0.310 e. The number of hydrogen-bond acceptors (Lipinski definition) is 6. The van der Waals surface area contributed by atoms with Crippen molar-refractivity contribution < 1.29 is 24.2 Å². The van der Waals surface area contributed by atoms with Crippen molar-refractivity contribution in [2.75, 3.05) is 26.3 Å². The summed E-state index contributed by atoms with van der Waals surface area (Å²) in [5.41, 5.74) is 0. The van der Waals surface area contributed by atoms with Gasteiger partial charge in [-0.2, -0.15) is 0 Å². The second-order valence-corrected chi connectivity index (χ2v) is 11.2. The number of fused-ring (bicyclic) bond motifs is 1. The summed E-state index contributed by atoms with van der Waals surface area (Å²) in [6.45, 7) is 14.4. The molecule has 8 heteroatoms. The largest absolute Gasteiger partial charge is 0.465 e. The van der Waals surface area contributed by atoms with E-state index in [9.17, 15) is 19.5 Å². The van der Waals surface area contributed by atoms with E-state index in [2.05, 4.69) is 20.1 Å². The van der Waals surface area contributed by atoms with Gasteiger partial charge < -0.3 is 19.6 Å². The van der Waals surface area contributed by atoms with Gasteiger partial charge in [-0.3, -0.25) is 14.4 Å². The van der Waals surface area contributed by atoms with Crippen LogP contribution in [0, 0.1) is 17.8 Å². The highest BCUT2D eigenvalue weighted by molar-refractivity contribution is 8.02. The van der Waals surface area contributed by atoms with Crippen molar-refractivity contribution in [3.05, 3.63) is 25.3 Å². The van der Waals surface area contributed by atoms with E-state index >= 15 is 0 Å². The lowest BCUT2D eigenvalue weighted by molar-refractivity contribution is -0.154. The average molecular weight is 479 g/mol. The Morgan fingerprint density at radius 3 is 2.67 bits per heavy atom. The molecule has 0 aromatic carbocycles. The molecule has 3 fully saturated rings. The van der Waals surface area contributed by atoms with Crippen molar-refractivity contribution in [1.29, 1.82) is 0 Å². The number of hydrogen-bond donors (Lipinski definition) is 1. The standard InChI is InChI=1S/C25H38N2O5S/c1-6-8-9-14-32-24(31)19-18-15-17(5)25(33-18)20(19)22(29)27(12-10-13-28)21(25)23(30)26(11-7-2)16(3)4/h6-7,16-21,28H,1-2,8-15H2,3-5H3/t17?,18-,19+,20-,21?,25?/m0/s1. The third-order valence-corrected chi connectivity index (χ3v) is 9.41. The number of carbonyl (C=O) groups is 3. The number of thioether (sulfide) groups is 1. The molecule has 1 N–H and O–H groups in total. The van der Waals surface area contributed by atoms with Crippen LogP contribution in [0.25, 0.3) is 0 Å². The topological polar surface area (TPSA) is 87.2 Å². The van der Waals surface area contributed by atoms with E-state index in [1.165, 1.54) is 0 Å². The number of aliphatic hydroxyl groups is 1. The van der Waals surface area contributed by atoms with Crippen LogP contribution in [0.4, 0.5) is 0 Å².